The molecule has 0 unspecified atom stereocenters. The van der Waals surface area contributed by atoms with Crippen LogP contribution in [0.5, 0.6) is 0 Å². The number of benzene rings is 3. The Morgan fingerprint density at radius 2 is 1.65 bits per heavy atom. The van der Waals surface area contributed by atoms with E-state index in [9.17, 15) is 18.4 Å². The summed E-state index contributed by atoms with van der Waals surface area (Å²) in [7, 11) is 0. The van der Waals surface area contributed by atoms with Crippen molar-refractivity contribution in [3.63, 3.8) is 0 Å². The average Bonchev–Trinajstić information content (AvgIpc) is 3.42. The minimum atomic E-state index is -1.24. The molecule has 2 heterocycles. The molecule has 0 spiro atoms. The molecule has 0 aliphatic carbocycles. The minimum absolute atomic E-state index is 0.0146. The molecule has 3 aromatic carbocycles. The fourth-order valence-electron chi connectivity index (χ4n) is 4.10. The van der Waals surface area contributed by atoms with Crippen molar-refractivity contribution in [3.8, 4) is 0 Å². The van der Waals surface area contributed by atoms with Gasteiger partial charge in [0.05, 0.1) is 33.5 Å². The summed E-state index contributed by atoms with van der Waals surface area (Å²) in [5.41, 5.74) is -0.136. The number of aromatic nitrogens is 2. The predicted molar refractivity (Wildman–Crippen MR) is 135 cm³/mol. The Labute approximate surface area is 214 Å². The third kappa shape index (κ3) is 5.05. The predicted octanol–water partition coefficient (Wildman–Crippen LogP) is 6.18. The molecule has 2 N–H and O–H groups in total. The lowest BCUT2D eigenvalue weighted by Crippen LogP contribution is -2.21. The SMILES string of the molecule is O=C(Nc1ccc(F)c(Cl)c1)Nc1ccc(F)c(C(=O)c2ccc3ncc(N4CCCC4)nc3c2)c1F. The summed E-state index contributed by atoms with van der Waals surface area (Å²) in [5, 5.41) is 4.37. The Hall–Kier alpha value is -4.18. The van der Waals surface area contributed by atoms with Gasteiger partial charge in [0, 0.05) is 24.3 Å². The normalized spacial score (nSPS) is 13.1. The summed E-state index contributed by atoms with van der Waals surface area (Å²) < 4.78 is 43.2. The Morgan fingerprint density at radius 1 is 0.892 bits per heavy atom. The van der Waals surface area contributed by atoms with Gasteiger partial charge in [-0.3, -0.25) is 9.78 Å². The molecule has 7 nitrogen and oxygen atoms in total. The van der Waals surface area contributed by atoms with Gasteiger partial charge in [-0.2, -0.15) is 0 Å². The number of fused-ring (bicyclic) bond motifs is 1. The van der Waals surface area contributed by atoms with Gasteiger partial charge in [0.25, 0.3) is 0 Å². The number of amides is 2. The molecular formula is C26H19ClF3N5O2. The molecule has 1 fully saturated rings. The molecule has 188 valence electrons. The quantitative estimate of drug-likeness (QED) is 0.304. The monoisotopic (exact) mass is 525 g/mol. The lowest BCUT2D eigenvalue weighted by Gasteiger charge is -2.16. The minimum Gasteiger partial charge on any atom is -0.355 e. The Morgan fingerprint density at radius 3 is 2.41 bits per heavy atom. The van der Waals surface area contributed by atoms with Gasteiger partial charge in [0.1, 0.15) is 17.5 Å². The fraction of sp³-hybridized carbons (Fsp3) is 0.154. The summed E-state index contributed by atoms with van der Waals surface area (Å²) >= 11 is 5.70. The molecule has 1 aliphatic rings. The summed E-state index contributed by atoms with van der Waals surface area (Å²) in [4.78, 5) is 36.5. The molecule has 0 saturated carbocycles. The van der Waals surface area contributed by atoms with Gasteiger partial charge in [-0.05, 0) is 61.4 Å². The highest BCUT2D eigenvalue weighted by atomic mass is 35.5. The average molecular weight is 526 g/mol. The zero-order valence-electron chi connectivity index (χ0n) is 19.2. The van der Waals surface area contributed by atoms with Gasteiger partial charge in [-0.1, -0.05) is 11.6 Å². The van der Waals surface area contributed by atoms with Crippen molar-refractivity contribution in [2.75, 3.05) is 28.6 Å². The van der Waals surface area contributed by atoms with E-state index in [1.165, 1.54) is 24.3 Å². The van der Waals surface area contributed by atoms with Crippen molar-refractivity contribution in [1.82, 2.24) is 9.97 Å². The van der Waals surface area contributed by atoms with Crippen LogP contribution in [-0.2, 0) is 0 Å². The molecule has 0 atom stereocenters. The molecule has 1 saturated heterocycles. The van der Waals surface area contributed by atoms with Crippen LogP contribution in [0.2, 0.25) is 5.02 Å². The van der Waals surface area contributed by atoms with Crippen LogP contribution in [0.15, 0.2) is 54.7 Å². The van der Waals surface area contributed by atoms with Crippen LogP contribution in [-0.4, -0.2) is 34.9 Å². The number of carbonyl (C=O) groups excluding carboxylic acids is 2. The number of hydrogen-bond acceptors (Lipinski definition) is 5. The van der Waals surface area contributed by atoms with Crippen molar-refractivity contribution < 1.29 is 22.8 Å². The Kier molecular flexibility index (Phi) is 6.66. The maximum absolute atomic E-state index is 15.3. The highest BCUT2D eigenvalue weighted by molar-refractivity contribution is 6.31. The summed E-state index contributed by atoms with van der Waals surface area (Å²) in [6, 6.07) is 8.87. The number of rotatable bonds is 5. The van der Waals surface area contributed by atoms with E-state index >= 15 is 4.39 Å². The van der Waals surface area contributed by atoms with Crippen LogP contribution < -0.4 is 15.5 Å². The first kappa shape index (κ1) is 24.5. The van der Waals surface area contributed by atoms with Gasteiger partial charge in [-0.25, -0.2) is 22.9 Å². The van der Waals surface area contributed by atoms with Crippen LogP contribution in [0.1, 0.15) is 28.8 Å². The number of nitrogens with one attached hydrogen (secondary N) is 2. The number of anilines is 3. The largest absolute Gasteiger partial charge is 0.355 e. The third-order valence-corrected chi connectivity index (χ3v) is 6.26. The molecule has 1 aliphatic heterocycles. The molecule has 0 bridgehead atoms. The Balaban J connectivity index is 1.40. The van der Waals surface area contributed by atoms with E-state index in [1.54, 1.807) is 12.3 Å². The van der Waals surface area contributed by atoms with Gasteiger partial charge in [0.15, 0.2) is 11.6 Å². The van der Waals surface area contributed by atoms with Crippen molar-refractivity contribution in [2.45, 2.75) is 12.8 Å². The summed E-state index contributed by atoms with van der Waals surface area (Å²) in [6.45, 7) is 1.72. The van der Waals surface area contributed by atoms with Crippen molar-refractivity contribution in [3.05, 3.63) is 88.3 Å². The number of urea groups is 1. The first-order chi connectivity index (χ1) is 17.8. The lowest BCUT2D eigenvalue weighted by molar-refractivity contribution is 0.103. The molecule has 4 aromatic rings. The van der Waals surface area contributed by atoms with Crippen molar-refractivity contribution in [1.29, 1.82) is 0 Å². The molecule has 1 aromatic heterocycles. The Bertz CT molecular complexity index is 1540. The highest BCUT2D eigenvalue weighted by Gasteiger charge is 2.24. The number of nitrogens with zero attached hydrogens (tertiary/aromatic N) is 3. The van der Waals surface area contributed by atoms with E-state index in [0.29, 0.717) is 16.9 Å². The topological polar surface area (TPSA) is 87.2 Å². The van der Waals surface area contributed by atoms with E-state index in [2.05, 4.69) is 25.5 Å². The number of ketones is 1. The summed E-state index contributed by atoms with van der Waals surface area (Å²) in [5.74, 6) is -3.25. The number of hydrogen-bond donors (Lipinski definition) is 2. The molecular weight excluding hydrogens is 507 g/mol. The first-order valence-corrected chi connectivity index (χ1v) is 11.8. The van der Waals surface area contributed by atoms with Crippen LogP contribution in [0.4, 0.5) is 35.2 Å². The number of carbonyl (C=O) groups is 2. The smallest absolute Gasteiger partial charge is 0.323 e. The van der Waals surface area contributed by atoms with E-state index in [-0.39, 0.29) is 16.3 Å². The van der Waals surface area contributed by atoms with Gasteiger partial charge in [-0.15, -0.1) is 0 Å². The second kappa shape index (κ2) is 10.1. The van der Waals surface area contributed by atoms with Crippen LogP contribution in [0, 0.1) is 17.5 Å². The van der Waals surface area contributed by atoms with Crippen LogP contribution in [0.3, 0.4) is 0 Å². The maximum Gasteiger partial charge on any atom is 0.323 e. The molecule has 11 heteroatoms. The second-order valence-electron chi connectivity index (χ2n) is 8.45. The van der Waals surface area contributed by atoms with Crippen LogP contribution in [0.25, 0.3) is 11.0 Å². The molecule has 2 amide bonds. The zero-order chi connectivity index (χ0) is 26.1. The standard InChI is InChI=1S/C26H19ClF3N5O2/c27-16-12-15(4-5-17(16)28)32-26(37)34-20-8-6-18(29)23(24(20)30)25(36)14-3-7-19-21(11-14)33-22(13-31-19)35-9-1-2-10-35/h3-8,11-13H,1-2,9-10H2,(H2,32,34,37). The van der Waals surface area contributed by atoms with E-state index in [1.807, 2.05) is 0 Å². The van der Waals surface area contributed by atoms with Crippen molar-refractivity contribution in [2.24, 2.45) is 0 Å². The fourth-order valence-corrected chi connectivity index (χ4v) is 4.28. The highest BCUT2D eigenvalue weighted by Crippen LogP contribution is 2.27. The van der Waals surface area contributed by atoms with E-state index in [4.69, 9.17) is 11.6 Å². The van der Waals surface area contributed by atoms with Gasteiger partial charge < -0.3 is 15.5 Å². The first-order valence-electron chi connectivity index (χ1n) is 11.4. The third-order valence-electron chi connectivity index (χ3n) is 5.97. The number of halogens is 4. The van der Waals surface area contributed by atoms with Crippen molar-refractivity contribution >= 4 is 51.6 Å². The van der Waals surface area contributed by atoms with Gasteiger partial charge >= 0.3 is 6.03 Å². The van der Waals surface area contributed by atoms with Gasteiger partial charge in [0.2, 0.25) is 0 Å². The molecule has 37 heavy (non-hydrogen) atoms. The summed E-state index contributed by atoms with van der Waals surface area (Å²) in [6.07, 6.45) is 3.77. The zero-order valence-corrected chi connectivity index (χ0v) is 20.0. The molecule has 5 rings (SSSR count). The maximum atomic E-state index is 15.3. The lowest BCUT2D eigenvalue weighted by atomic mass is 10.0. The van der Waals surface area contributed by atoms with E-state index in [0.717, 1.165) is 44.1 Å². The molecule has 0 radical (unpaired) electrons. The second-order valence-corrected chi connectivity index (χ2v) is 8.85. The van der Waals surface area contributed by atoms with E-state index < -0.39 is 40.5 Å². The van der Waals surface area contributed by atoms with Crippen LogP contribution >= 0.6 is 11.6 Å².